The Hall–Kier alpha value is -5.24. The number of amidine groups is 1. The fourth-order valence-electron chi connectivity index (χ4n) is 6.14. The molecule has 7 nitrogen and oxygen atoms in total. The van der Waals surface area contributed by atoms with Gasteiger partial charge >= 0.3 is 6.09 Å². The van der Waals surface area contributed by atoms with E-state index < -0.39 is 11.6 Å². The number of amides is 2. The lowest BCUT2D eigenvalue weighted by atomic mass is 9.88. The molecule has 0 heterocycles. The molecule has 0 spiro atoms. The first-order valence-corrected chi connectivity index (χ1v) is 15.8. The number of fused-ring (bicyclic) bond motifs is 1. The molecular formula is C40H39ClN4O3. The Morgan fingerprint density at radius 3 is 1.79 bits per heavy atom. The normalized spacial score (nSPS) is 13.3. The highest BCUT2D eigenvalue weighted by molar-refractivity contribution is 6.02. The van der Waals surface area contributed by atoms with Gasteiger partial charge in [0.1, 0.15) is 18.0 Å². The molecular weight excluding hydrogens is 620 g/mol. The number of nitrogens with two attached hydrogens (primary N) is 1. The molecule has 0 unspecified atom stereocenters. The molecule has 244 valence electrons. The predicted octanol–water partition coefficient (Wildman–Crippen LogP) is 6.73. The molecule has 0 aliphatic heterocycles. The van der Waals surface area contributed by atoms with Crippen LogP contribution in [0, 0.1) is 0 Å². The summed E-state index contributed by atoms with van der Waals surface area (Å²) in [6.07, 6.45) is 0.467. The molecule has 1 aliphatic rings. The second-order valence-electron chi connectivity index (χ2n) is 11.9. The Kier molecular flexibility index (Phi) is 11.4. The maximum Gasteiger partial charge on any atom is 0.435 e. The van der Waals surface area contributed by atoms with Gasteiger partial charge in [0.15, 0.2) is 0 Å². The van der Waals surface area contributed by atoms with Crippen LogP contribution < -0.4 is 16.4 Å². The minimum Gasteiger partial charge on any atom is -0.443 e. The van der Waals surface area contributed by atoms with Crippen molar-refractivity contribution in [2.75, 3.05) is 6.54 Å². The Balaban J connectivity index is 0.00000451. The van der Waals surface area contributed by atoms with E-state index in [-0.39, 0.29) is 36.7 Å². The molecule has 0 saturated heterocycles. The fourth-order valence-corrected chi connectivity index (χ4v) is 6.14. The third-order valence-corrected chi connectivity index (χ3v) is 8.71. The van der Waals surface area contributed by atoms with Gasteiger partial charge in [-0.1, -0.05) is 140 Å². The SMILES string of the molecule is Cl.NC(=NC(=O)OCc1ccccc1)c1ccc(CNC(=O)C2(NCC(c3ccccc3)c3ccccc3)Cc3ccccc3C2)cc1. The first-order chi connectivity index (χ1) is 23.0. The van der Waals surface area contributed by atoms with E-state index in [0.717, 1.165) is 11.1 Å². The van der Waals surface area contributed by atoms with Gasteiger partial charge in [-0.2, -0.15) is 4.99 Å². The summed E-state index contributed by atoms with van der Waals surface area (Å²) in [6.45, 7) is 1.07. The highest BCUT2D eigenvalue weighted by atomic mass is 35.5. The van der Waals surface area contributed by atoms with Crippen LogP contribution in [0.5, 0.6) is 0 Å². The molecule has 0 radical (unpaired) electrons. The lowest BCUT2D eigenvalue weighted by Crippen LogP contribution is -2.58. The van der Waals surface area contributed by atoms with Gasteiger partial charge in [-0.15, -0.1) is 12.4 Å². The van der Waals surface area contributed by atoms with Crippen LogP contribution in [0.15, 0.2) is 145 Å². The van der Waals surface area contributed by atoms with Gasteiger partial charge in [0.2, 0.25) is 5.91 Å². The number of nitrogens with zero attached hydrogens (tertiary/aromatic N) is 1. The minimum absolute atomic E-state index is 0. The molecule has 0 bridgehead atoms. The summed E-state index contributed by atoms with van der Waals surface area (Å²) in [4.78, 5) is 30.2. The number of aliphatic imine (C=N–C) groups is 1. The summed E-state index contributed by atoms with van der Waals surface area (Å²) in [7, 11) is 0. The highest BCUT2D eigenvalue weighted by Crippen LogP contribution is 2.32. The molecule has 2 amide bonds. The fraction of sp³-hybridized carbons (Fsp3) is 0.175. The smallest absolute Gasteiger partial charge is 0.435 e. The summed E-state index contributed by atoms with van der Waals surface area (Å²) in [5.41, 5.74) is 12.4. The van der Waals surface area contributed by atoms with Crippen molar-refractivity contribution in [3.63, 3.8) is 0 Å². The Bertz CT molecular complexity index is 1770. The summed E-state index contributed by atoms with van der Waals surface area (Å²) < 4.78 is 5.22. The van der Waals surface area contributed by atoms with E-state index in [9.17, 15) is 9.59 Å². The van der Waals surface area contributed by atoms with Crippen molar-refractivity contribution >= 4 is 30.2 Å². The maximum absolute atomic E-state index is 14.1. The molecule has 0 aromatic heterocycles. The Labute approximate surface area is 287 Å². The van der Waals surface area contributed by atoms with Crippen molar-refractivity contribution in [1.29, 1.82) is 0 Å². The number of rotatable bonds is 11. The molecule has 6 rings (SSSR count). The van der Waals surface area contributed by atoms with Crippen molar-refractivity contribution in [2.45, 2.75) is 37.5 Å². The molecule has 4 N–H and O–H groups in total. The first kappa shape index (κ1) is 34.1. The Morgan fingerprint density at radius 2 is 1.23 bits per heavy atom. The standard InChI is InChI=1S/C40H38N4O3.ClH/c41-37(44-39(46)47-28-30-12-4-1-5-13-30)33-22-20-29(21-23-33)26-42-38(45)40(24-34-18-10-11-19-35(34)25-40)43-27-36(31-14-6-2-7-15-31)32-16-8-3-9-17-32;/h1-23,36,43H,24-28H2,(H,42,45)(H2,41,44,46);1H. The average Bonchev–Trinajstić information content (AvgIpc) is 3.51. The van der Waals surface area contributed by atoms with E-state index in [1.807, 2.05) is 66.7 Å². The second-order valence-corrected chi connectivity index (χ2v) is 11.9. The van der Waals surface area contributed by atoms with E-state index in [1.54, 1.807) is 12.1 Å². The van der Waals surface area contributed by atoms with Gasteiger partial charge in [-0.05, 0) is 33.4 Å². The molecule has 5 aromatic carbocycles. The number of hydrogen-bond acceptors (Lipinski definition) is 4. The summed E-state index contributed by atoms with van der Waals surface area (Å²) in [5.74, 6) is 0.109. The number of benzene rings is 5. The Morgan fingerprint density at radius 1 is 0.708 bits per heavy atom. The number of nitrogens with one attached hydrogen (secondary N) is 2. The van der Waals surface area contributed by atoms with Gasteiger partial charge in [0.25, 0.3) is 0 Å². The molecule has 1 aliphatic carbocycles. The number of halogens is 1. The van der Waals surface area contributed by atoms with Gasteiger partial charge < -0.3 is 21.1 Å². The van der Waals surface area contributed by atoms with Crippen molar-refractivity contribution in [3.8, 4) is 0 Å². The molecule has 48 heavy (non-hydrogen) atoms. The van der Waals surface area contributed by atoms with Gasteiger partial charge in [-0.3, -0.25) is 4.79 Å². The molecule has 0 fully saturated rings. The van der Waals surface area contributed by atoms with E-state index in [0.29, 0.717) is 31.5 Å². The van der Waals surface area contributed by atoms with Crippen LogP contribution in [-0.4, -0.2) is 29.9 Å². The molecule has 8 heteroatoms. The lowest BCUT2D eigenvalue weighted by Gasteiger charge is -2.32. The van der Waals surface area contributed by atoms with Crippen LogP contribution in [0.4, 0.5) is 4.79 Å². The zero-order valence-corrected chi connectivity index (χ0v) is 27.4. The van der Waals surface area contributed by atoms with Crippen LogP contribution >= 0.6 is 12.4 Å². The topological polar surface area (TPSA) is 106 Å². The largest absolute Gasteiger partial charge is 0.443 e. The predicted molar refractivity (Wildman–Crippen MR) is 192 cm³/mol. The third-order valence-electron chi connectivity index (χ3n) is 8.71. The summed E-state index contributed by atoms with van der Waals surface area (Å²) in [5, 5.41) is 6.95. The molecule has 5 aromatic rings. The number of carbonyl (C=O) groups is 2. The molecule has 0 saturated carbocycles. The van der Waals surface area contributed by atoms with Gasteiger partial charge in [0, 0.05) is 37.4 Å². The second kappa shape index (κ2) is 16.0. The number of hydrogen-bond donors (Lipinski definition) is 3. The summed E-state index contributed by atoms with van der Waals surface area (Å²) in [6, 6.07) is 45.8. The van der Waals surface area contributed by atoms with Crippen molar-refractivity contribution < 1.29 is 14.3 Å². The summed E-state index contributed by atoms with van der Waals surface area (Å²) >= 11 is 0. The van der Waals surface area contributed by atoms with E-state index in [1.165, 1.54) is 22.3 Å². The third kappa shape index (κ3) is 8.37. The zero-order chi connectivity index (χ0) is 32.5. The quantitative estimate of drug-likeness (QED) is 0.108. The van der Waals surface area contributed by atoms with Gasteiger partial charge in [-0.25, -0.2) is 4.79 Å². The minimum atomic E-state index is -0.789. The molecule has 0 atom stereocenters. The van der Waals surface area contributed by atoms with Crippen LogP contribution in [0.25, 0.3) is 0 Å². The number of ether oxygens (including phenoxy) is 1. The lowest BCUT2D eigenvalue weighted by molar-refractivity contribution is -0.127. The first-order valence-electron chi connectivity index (χ1n) is 15.8. The van der Waals surface area contributed by atoms with Gasteiger partial charge in [0.05, 0.1) is 0 Å². The maximum atomic E-state index is 14.1. The average molecular weight is 659 g/mol. The van der Waals surface area contributed by atoms with Crippen LogP contribution in [0.1, 0.15) is 44.9 Å². The van der Waals surface area contributed by atoms with E-state index in [2.05, 4.69) is 76.3 Å². The van der Waals surface area contributed by atoms with Crippen LogP contribution in [-0.2, 0) is 35.5 Å². The van der Waals surface area contributed by atoms with Crippen LogP contribution in [0.3, 0.4) is 0 Å². The van der Waals surface area contributed by atoms with E-state index >= 15 is 0 Å². The van der Waals surface area contributed by atoms with Crippen LogP contribution in [0.2, 0.25) is 0 Å². The van der Waals surface area contributed by atoms with Crippen molar-refractivity contribution in [1.82, 2.24) is 10.6 Å². The zero-order valence-electron chi connectivity index (χ0n) is 26.5. The monoisotopic (exact) mass is 658 g/mol. The highest BCUT2D eigenvalue weighted by Gasteiger charge is 2.43. The van der Waals surface area contributed by atoms with E-state index in [4.69, 9.17) is 10.5 Å². The van der Waals surface area contributed by atoms with Crippen molar-refractivity contribution in [2.24, 2.45) is 10.7 Å². The number of carbonyl (C=O) groups excluding carboxylic acids is 2. The van der Waals surface area contributed by atoms with Crippen molar-refractivity contribution in [3.05, 3.63) is 178 Å².